The van der Waals surface area contributed by atoms with Gasteiger partial charge in [-0.1, -0.05) is 27.7 Å². The number of fused-ring (bicyclic) bond motifs is 3. The highest BCUT2D eigenvalue weighted by molar-refractivity contribution is 6.13. The van der Waals surface area contributed by atoms with Gasteiger partial charge in [-0.05, 0) is 45.0 Å². The van der Waals surface area contributed by atoms with Gasteiger partial charge < -0.3 is 19.1 Å². The maximum atomic E-state index is 13.5. The topological polar surface area (TPSA) is 65.8 Å². The second-order valence-electron chi connectivity index (χ2n) is 9.96. The maximum Gasteiger partial charge on any atom is 0.419 e. The second-order valence-corrected chi connectivity index (χ2v) is 9.96. The van der Waals surface area contributed by atoms with Crippen LogP contribution in [0.3, 0.4) is 0 Å². The molecule has 2 heterocycles. The fourth-order valence-electron chi connectivity index (χ4n) is 4.34. The molecular weight excluding hydrogens is 418 g/mol. The third-order valence-electron chi connectivity index (χ3n) is 6.87. The first kappa shape index (κ1) is 23.4. The predicted molar refractivity (Wildman–Crippen MR) is 130 cm³/mol. The summed E-state index contributed by atoms with van der Waals surface area (Å²) >= 11 is 0. The summed E-state index contributed by atoms with van der Waals surface area (Å²) in [7, 11) is 3.72. The van der Waals surface area contributed by atoms with Crippen LogP contribution in [-0.2, 0) is 4.74 Å². The van der Waals surface area contributed by atoms with Gasteiger partial charge in [-0.15, -0.1) is 0 Å². The minimum absolute atomic E-state index is 0.119. The van der Waals surface area contributed by atoms with E-state index in [0.29, 0.717) is 18.1 Å². The van der Waals surface area contributed by atoms with Gasteiger partial charge in [0.05, 0.1) is 24.8 Å². The molecule has 0 amide bonds. The van der Waals surface area contributed by atoms with Crippen LogP contribution < -0.4 is 9.47 Å². The lowest BCUT2D eigenvalue weighted by Crippen LogP contribution is -2.35. The molecule has 1 aliphatic carbocycles. The SMILES string of the molecule is CCN(C)CCCOc1cc2c(cc1OC)c1cnccc1n2C(=O)OC1(C(C)(C)C)CC1. The van der Waals surface area contributed by atoms with Crippen LogP contribution in [0.5, 0.6) is 11.5 Å². The molecule has 0 unspecified atom stereocenters. The van der Waals surface area contributed by atoms with Gasteiger partial charge in [0.2, 0.25) is 0 Å². The molecule has 0 atom stereocenters. The Morgan fingerprint density at radius 2 is 1.94 bits per heavy atom. The van der Waals surface area contributed by atoms with E-state index in [-0.39, 0.29) is 11.5 Å². The van der Waals surface area contributed by atoms with Crippen molar-refractivity contribution in [2.75, 3.05) is 33.9 Å². The number of methoxy groups -OCH3 is 1. The third-order valence-corrected chi connectivity index (χ3v) is 6.87. The fraction of sp³-hybridized carbons (Fsp3) is 0.538. The Hall–Kier alpha value is -2.80. The van der Waals surface area contributed by atoms with E-state index in [2.05, 4.69) is 44.6 Å². The smallest absolute Gasteiger partial charge is 0.419 e. The first-order chi connectivity index (χ1) is 15.7. The van der Waals surface area contributed by atoms with E-state index in [1.165, 1.54) is 0 Å². The van der Waals surface area contributed by atoms with E-state index in [0.717, 1.165) is 54.2 Å². The average Bonchev–Trinajstić information content (AvgIpc) is 3.51. The first-order valence-electron chi connectivity index (χ1n) is 11.7. The highest BCUT2D eigenvalue weighted by atomic mass is 16.6. The minimum atomic E-state index is -0.420. The zero-order valence-corrected chi connectivity index (χ0v) is 20.6. The molecule has 3 aromatic rings. The fourth-order valence-corrected chi connectivity index (χ4v) is 4.34. The van der Waals surface area contributed by atoms with Crippen molar-refractivity contribution >= 4 is 27.9 Å². The van der Waals surface area contributed by atoms with Crippen LogP contribution in [0.15, 0.2) is 30.6 Å². The Kier molecular flexibility index (Phi) is 6.27. The van der Waals surface area contributed by atoms with Crippen molar-refractivity contribution in [3.63, 3.8) is 0 Å². The molecule has 33 heavy (non-hydrogen) atoms. The molecule has 0 saturated heterocycles. The van der Waals surface area contributed by atoms with E-state index in [4.69, 9.17) is 14.2 Å². The normalized spacial score (nSPS) is 15.2. The van der Waals surface area contributed by atoms with Crippen molar-refractivity contribution in [2.24, 2.45) is 5.41 Å². The van der Waals surface area contributed by atoms with Gasteiger partial charge >= 0.3 is 6.09 Å². The van der Waals surface area contributed by atoms with Gasteiger partial charge in [-0.25, -0.2) is 9.36 Å². The Bertz CT molecular complexity index is 1160. The van der Waals surface area contributed by atoms with Crippen molar-refractivity contribution in [1.82, 2.24) is 14.5 Å². The molecule has 1 saturated carbocycles. The van der Waals surface area contributed by atoms with Crippen molar-refractivity contribution in [1.29, 1.82) is 0 Å². The number of benzene rings is 1. The Balaban J connectivity index is 1.73. The number of hydrogen-bond acceptors (Lipinski definition) is 6. The number of ether oxygens (including phenoxy) is 3. The van der Waals surface area contributed by atoms with Crippen molar-refractivity contribution < 1.29 is 19.0 Å². The summed E-state index contributed by atoms with van der Waals surface area (Å²) < 4.78 is 19.5. The average molecular weight is 454 g/mol. The van der Waals surface area contributed by atoms with Crippen LogP contribution in [-0.4, -0.2) is 60.0 Å². The molecule has 7 heteroatoms. The second kappa shape index (κ2) is 8.86. The van der Waals surface area contributed by atoms with Crippen molar-refractivity contribution in [3.05, 3.63) is 30.6 Å². The molecule has 2 aromatic heterocycles. The monoisotopic (exact) mass is 453 g/mol. The lowest BCUT2D eigenvalue weighted by atomic mass is 9.86. The number of carbonyl (C=O) groups is 1. The lowest BCUT2D eigenvalue weighted by molar-refractivity contribution is 0.0126. The number of pyridine rings is 1. The summed E-state index contributed by atoms with van der Waals surface area (Å²) in [6.07, 6.45) is 5.77. The molecule has 1 fully saturated rings. The van der Waals surface area contributed by atoms with E-state index >= 15 is 0 Å². The lowest BCUT2D eigenvalue weighted by Gasteiger charge is -2.30. The zero-order valence-electron chi connectivity index (χ0n) is 20.6. The summed E-state index contributed by atoms with van der Waals surface area (Å²) in [5.74, 6) is 1.25. The number of carbonyl (C=O) groups excluding carboxylic acids is 1. The van der Waals surface area contributed by atoms with Crippen LogP contribution >= 0.6 is 0 Å². The Morgan fingerprint density at radius 1 is 1.18 bits per heavy atom. The summed E-state index contributed by atoms with van der Waals surface area (Å²) in [4.78, 5) is 20.0. The van der Waals surface area contributed by atoms with Gasteiger partial charge in [0.15, 0.2) is 11.5 Å². The number of rotatable bonds is 8. The van der Waals surface area contributed by atoms with E-state index in [1.54, 1.807) is 24.1 Å². The van der Waals surface area contributed by atoms with Crippen LogP contribution in [0.1, 0.15) is 47.0 Å². The number of nitrogens with zero attached hydrogens (tertiary/aromatic N) is 3. The predicted octanol–water partition coefficient (Wildman–Crippen LogP) is 5.48. The quantitative estimate of drug-likeness (QED) is 0.421. The minimum Gasteiger partial charge on any atom is -0.493 e. The van der Waals surface area contributed by atoms with E-state index in [9.17, 15) is 4.79 Å². The van der Waals surface area contributed by atoms with E-state index in [1.807, 2.05) is 18.2 Å². The summed E-state index contributed by atoms with van der Waals surface area (Å²) in [6.45, 7) is 11.0. The molecule has 7 nitrogen and oxygen atoms in total. The van der Waals surface area contributed by atoms with Gasteiger partial charge in [-0.3, -0.25) is 4.98 Å². The van der Waals surface area contributed by atoms with Crippen LogP contribution in [0.25, 0.3) is 21.8 Å². The molecule has 0 N–H and O–H groups in total. The Labute approximate surface area is 195 Å². The number of aromatic nitrogens is 2. The maximum absolute atomic E-state index is 13.5. The highest BCUT2D eigenvalue weighted by Gasteiger charge is 2.56. The Morgan fingerprint density at radius 3 is 2.58 bits per heavy atom. The van der Waals surface area contributed by atoms with Crippen LogP contribution in [0, 0.1) is 5.41 Å². The van der Waals surface area contributed by atoms with E-state index < -0.39 is 5.60 Å². The largest absolute Gasteiger partial charge is 0.493 e. The van der Waals surface area contributed by atoms with Crippen molar-refractivity contribution in [2.45, 2.75) is 52.6 Å². The van der Waals surface area contributed by atoms with Gasteiger partial charge in [0.25, 0.3) is 0 Å². The first-order valence-corrected chi connectivity index (χ1v) is 11.7. The van der Waals surface area contributed by atoms with Gasteiger partial charge in [-0.2, -0.15) is 0 Å². The van der Waals surface area contributed by atoms with Crippen molar-refractivity contribution in [3.8, 4) is 11.5 Å². The molecule has 0 aliphatic heterocycles. The van der Waals surface area contributed by atoms with Crippen LogP contribution in [0.4, 0.5) is 4.79 Å². The molecule has 1 aromatic carbocycles. The number of hydrogen-bond donors (Lipinski definition) is 0. The standard InChI is InChI=1S/C26H35N3O4/c1-7-28(5)13-8-14-32-23-16-21-18(15-22(23)31-6)19-17-27-12-9-20(19)29(21)24(30)33-26(10-11-26)25(2,3)4/h9,12,15-17H,7-8,10-11,13-14H2,1-6H3. The molecule has 0 spiro atoms. The van der Waals surface area contributed by atoms with Crippen LogP contribution in [0.2, 0.25) is 0 Å². The molecule has 178 valence electrons. The summed E-state index contributed by atoms with van der Waals surface area (Å²) in [6, 6.07) is 5.66. The van der Waals surface area contributed by atoms with Gasteiger partial charge in [0.1, 0.15) is 5.60 Å². The molecule has 4 rings (SSSR count). The molecule has 1 aliphatic rings. The molecule has 0 radical (unpaired) electrons. The zero-order chi connectivity index (χ0) is 23.8. The summed E-state index contributed by atoms with van der Waals surface area (Å²) in [5.41, 5.74) is 0.955. The highest BCUT2D eigenvalue weighted by Crippen LogP contribution is 2.53. The summed E-state index contributed by atoms with van der Waals surface area (Å²) in [5, 5.41) is 1.75. The molecular formula is C26H35N3O4. The van der Waals surface area contributed by atoms with Gasteiger partial charge in [0, 0.05) is 41.2 Å². The third kappa shape index (κ3) is 4.38. The molecule has 0 bridgehead atoms.